The predicted octanol–water partition coefficient (Wildman–Crippen LogP) is 3.95. The second-order valence-electron chi connectivity index (χ2n) is 7.77. The summed E-state index contributed by atoms with van der Waals surface area (Å²) in [4.78, 5) is 12.5. The Kier molecular flexibility index (Phi) is 7.46. The Balaban J connectivity index is 2.12. The van der Waals surface area contributed by atoms with Crippen LogP contribution in [-0.4, -0.2) is 45.6 Å². The highest BCUT2D eigenvalue weighted by Crippen LogP contribution is 2.42. The molecule has 32 heavy (non-hydrogen) atoms. The summed E-state index contributed by atoms with van der Waals surface area (Å²) >= 11 is 0. The van der Waals surface area contributed by atoms with E-state index in [9.17, 15) is 13.2 Å². The van der Waals surface area contributed by atoms with Crippen molar-refractivity contribution in [1.29, 1.82) is 0 Å². The number of methoxy groups -OCH3 is 1. The molecule has 3 rings (SSSR count). The molecular weight excluding hydrogens is 430 g/mol. The second kappa shape index (κ2) is 9.92. The van der Waals surface area contributed by atoms with Gasteiger partial charge in [-0.1, -0.05) is 6.07 Å². The summed E-state index contributed by atoms with van der Waals surface area (Å²) in [6, 6.07) is 8.10. The van der Waals surface area contributed by atoms with E-state index in [1.807, 2.05) is 33.8 Å². The van der Waals surface area contributed by atoms with E-state index < -0.39 is 22.0 Å². The Bertz CT molecular complexity index is 1100. The van der Waals surface area contributed by atoms with Crippen molar-refractivity contribution in [2.75, 3.05) is 26.9 Å². The molecule has 8 heteroatoms. The fraction of sp³-hybridized carbons (Fsp3) is 0.458. The van der Waals surface area contributed by atoms with E-state index in [2.05, 4.69) is 0 Å². The molecule has 2 aromatic rings. The van der Waals surface area contributed by atoms with E-state index >= 15 is 0 Å². The van der Waals surface area contributed by atoms with E-state index in [-0.39, 0.29) is 17.9 Å². The molecule has 0 bridgehead atoms. The lowest BCUT2D eigenvalue weighted by Gasteiger charge is -2.36. The number of rotatable bonds is 8. The maximum absolute atomic E-state index is 13.6. The molecule has 0 N–H and O–H groups in total. The van der Waals surface area contributed by atoms with Crippen LogP contribution in [0.2, 0.25) is 0 Å². The van der Waals surface area contributed by atoms with E-state index in [1.54, 1.807) is 24.3 Å². The zero-order valence-corrected chi connectivity index (χ0v) is 20.1. The first-order valence-corrected chi connectivity index (χ1v) is 12.2. The van der Waals surface area contributed by atoms with E-state index in [4.69, 9.17) is 14.2 Å². The number of sulfonamides is 1. The molecule has 0 saturated carbocycles. The Labute approximate surface area is 190 Å². The third-order valence-corrected chi connectivity index (χ3v) is 7.69. The molecule has 0 aromatic heterocycles. The van der Waals surface area contributed by atoms with Gasteiger partial charge in [-0.25, -0.2) is 8.42 Å². The Hall–Kier alpha value is -2.58. The molecule has 2 aromatic carbocycles. The van der Waals surface area contributed by atoms with Gasteiger partial charge in [0.1, 0.15) is 0 Å². The standard InChI is InChI=1S/C24H31NO6S/c1-6-30-22-13-18-10-11-25(32(27,28)19-9-8-16(3)17(4)12-19)21(15-24(26)29-5)20(18)14-23(22)31-7-2/h8-9,12-14,21H,6-7,10-11,15H2,1-5H3/t21-/m1/s1. The molecule has 0 spiro atoms. The van der Waals surface area contributed by atoms with Gasteiger partial charge >= 0.3 is 5.97 Å². The Morgan fingerprint density at radius 2 is 1.69 bits per heavy atom. The van der Waals surface area contributed by atoms with Crippen LogP contribution in [0.15, 0.2) is 35.2 Å². The van der Waals surface area contributed by atoms with Gasteiger partial charge in [-0.05, 0) is 80.6 Å². The number of carbonyl (C=O) groups is 1. The van der Waals surface area contributed by atoms with Gasteiger partial charge in [0.2, 0.25) is 10.0 Å². The van der Waals surface area contributed by atoms with Crippen molar-refractivity contribution in [3.63, 3.8) is 0 Å². The molecular formula is C24H31NO6S. The Morgan fingerprint density at radius 1 is 1.03 bits per heavy atom. The van der Waals surface area contributed by atoms with Crippen LogP contribution in [0.3, 0.4) is 0 Å². The smallest absolute Gasteiger partial charge is 0.307 e. The summed E-state index contributed by atoms with van der Waals surface area (Å²) in [5.41, 5.74) is 3.59. The van der Waals surface area contributed by atoms with Gasteiger partial charge < -0.3 is 14.2 Å². The third-order valence-electron chi connectivity index (χ3n) is 5.79. The highest BCUT2D eigenvalue weighted by atomic mass is 32.2. The number of aryl methyl sites for hydroxylation is 2. The summed E-state index contributed by atoms with van der Waals surface area (Å²) in [6.07, 6.45) is 0.413. The number of hydrogen-bond donors (Lipinski definition) is 0. The third kappa shape index (κ3) is 4.76. The molecule has 174 valence electrons. The van der Waals surface area contributed by atoms with Crippen LogP contribution in [0.1, 0.15) is 48.6 Å². The lowest BCUT2D eigenvalue weighted by Crippen LogP contribution is -2.41. The summed E-state index contributed by atoms with van der Waals surface area (Å²) in [5.74, 6) is 0.679. The second-order valence-corrected chi connectivity index (χ2v) is 9.66. The van der Waals surface area contributed by atoms with Crippen LogP contribution in [0, 0.1) is 13.8 Å². The van der Waals surface area contributed by atoms with Crippen LogP contribution >= 0.6 is 0 Å². The minimum absolute atomic E-state index is 0.0902. The zero-order valence-electron chi connectivity index (χ0n) is 19.3. The van der Waals surface area contributed by atoms with Crippen molar-refractivity contribution in [2.45, 2.75) is 51.5 Å². The lowest BCUT2D eigenvalue weighted by molar-refractivity contribution is -0.141. The van der Waals surface area contributed by atoms with Gasteiger partial charge in [0.05, 0.1) is 37.7 Å². The molecule has 1 aliphatic heterocycles. The molecule has 1 heterocycles. The van der Waals surface area contributed by atoms with Crippen molar-refractivity contribution in [2.24, 2.45) is 0 Å². The molecule has 0 aliphatic carbocycles. The van der Waals surface area contributed by atoms with Crippen LogP contribution in [0.25, 0.3) is 0 Å². The highest BCUT2D eigenvalue weighted by Gasteiger charge is 2.38. The molecule has 1 aliphatic rings. The molecule has 0 unspecified atom stereocenters. The average molecular weight is 462 g/mol. The predicted molar refractivity (Wildman–Crippen MR) is 122 cm³/mol. The molecule has 0 radical (unpaired) electrons. The van der Waals surface area contributed by atoms with Crippen LogP contribution in [0.5, 0.6) is 11.5 Å². The molecule has 7 nitrogen and oxygen atoms in total. The largest absolute Gasteiger partial charge is 0.490 e. The number of benzene rings is 2. The van der Waals surface area contributed by atoms with Crippen molar-refractivity contribution in [3.8, 4) is 11.5 Å². The van der Waals surface area contributed by atoms with Gasteiger partial charge in [0.25, 0.3) is 0 Å². The minimum Gasteiger partial charge on any atom is -0.490 e. The molecule has 0 amide bonds. The minimum atomic E-state index is -3.84. The number of ether oxygens (including phenoxy) is 3. The highest BCUT2D eigenvalue weighted by molar-refractivity contribution is 7.89. The van der Waals surface area contributed by atoms with Crippen molar-refractivity contribution in [3.05, 3.63) is 52.6 Å². The summed E-state index contributed by atoms with van der Waals surface area (Å²) in [6.45, 7) is 8.76. The van der Waals surface area contributed by atoms with Crippen LogP contribution < -0.4 is 9.47 Å². The van der Waals surface area contributed by atoms with Crippen molar-refractivity contribution < 1.29 is 27.4 Å². The van der Waals surface area contributed by atoms with Crippen LogP contribution in [-0.2, 0) is 26.0 Å². The summed E-state index contributed by atoms with van der Waals surface area (Å²) < 4.78 is 45.1. The first kappa shape index (κ1) is 24.1. The van der Waals surface area contributed by atoms with Gasteiger partial charge in [0, 0.05) is 6.54 Å². The normalized spacial score (nSPS) is 16.3. The number of carbonyl (C=O) groups excluding carboxylic acids is 1. The number of fused-ring (bicyclic) bond motifs is 1. The van der Waals surface area contributed by atoms with E-state index in [1.165, 1.54) is 11.4 Å². The van der Waals surface area contributed by atoms with Gasteiger partial charge in [-0.15, -0.1) is 0 Å². The van der Waals surface area contributed by atoms with E-state index in [0.29, 0.717) is 31.1 Å². The number of esters is 1. The monoisotopic (exact) mass is 461 g/mol. The summed E-state index contributed by atoms with van der Waals surface area (Å²) in [7, 11) is -2.54. The van der Waals surface area contributed by atoms with Gasteiger partial charge in [0.15, 0.2) is 11.5 Å². The first-order valence-electron chi connectivity index (χ1n) is 10.8. The molecule has 1 atom stereocenters. The van der Waals surface area contributed by atoms with Gasteiger partial charge in [-0.2, -0.15) is 4.31 Å². The maximum atomic E-state index is 13.6. The zero-order chi connectivity index (χ0) is 23.5. The fourth-order valence-electron chi connectivity index (χ4n) is 3.97. The quantitative estimate of drug-likeness (QED) is 0.554. The van der Waals surface area contributed by atoms with Crippen molar-refractivity contribution in [1.82, 2.24) is 4.31 Å². The topological polar surface area (TPSA) is 82.1 Å². The molecule has 0 saturated heterocycles. The fourth-order valence-corrected chi connectivity index (χ4v) is 5.66. The summed E-state index contributed by atoms with van der Waals surface area (Å²) in [5, 5.41) is 0. The number of hydrogen-bond acceptors (Lipinski definition) is 6. The van der Waals surface area contributed by atoms with Gasteiger partial charge in [-0.3, -0.25) is 4.79 Å². The van der Waals surface area contributed by atoms with Crippen molar-refractivity contribution >= 4 is 16.0 Å². The number of nitrogens with zero attached hydrogens (tertiary/aromatic N) is 1. The SMILES string of the molecule is CCOc1cc2c(cc1OCC)[C@@H](CC(=O)OC)N(S(=O)(=O)c1ccc(C)c(C)c1)CC2. The average Bonchev–Trinajstić information content (AvgIpc) is 2.76. The maximum Gasteiger partial charge on any atom is 0.307 e. The van der Waals surface area contributed by atoms with E-state index in [0.717, 1.165) is 22.3 Å². The first-order chi connectivity index (χ1) is 15.2. The van der Waals surface area contributed by atoms with Crippen LogP contribution in [0.4, 0.5) is 0 Å². The Morgan fingerprint density at radius 3 is 2.28 bits per heavy atom. The molecule has 0 fully saturated rings. The lowest BCUT2D eigenvalue weighted by atomic mass is 9.91.